The molecule has 2 aromatic rings. The van der Waals surface area contributed by atoms with Crippen LogP contribution >= 0.6 is 0 Å². The van der Waals surface area contributed by atoms with Gasteiger partial charge in [-0.2, -0.15) is 0 Å². The van der Waals surface area contributed by atoms with E-state index in [0.29, 0.717) is 12.5 Å². The van der Waals surface area contributed by atoms with Gasteiger partial charge in [-0.25, -0.2) is 0 Å². The normalized spacial score (nSPS) is 15.8. The van der Waals surface area contributed by atoms with E-state index in [-0.39, 0.29) is 5.91 Å². The standard InChI is InChI=1S/C17H22N2O/c20-17(19-14-7-1-2-8-14)11-5-6-13-12-18-16-10-4-3-9-15(13)16/h3-4,9-10,12,14,18H,1-2,5-8,11H2,(H,19,20). The lowest BCUT2D eigenvalue weighted by atomic mass is 10.1. The van der Waals surface area contributed by atoms with Gasteiger partial charge in [0.05, 0.1) is 0 Å². The van der Waals surface area contributed by atoms with Gasteiger partial charge in [0.2, 0.25) is 5.91 Å². The van der Waals surface area contributed by atoms with E-state index in [9.17, 15) is 4.79 Å². The van der Waals surface area contributed by atoms with Gasteiger partial charge in [0.25, 0.3) is 0 Å². The van der Waals surface area contributed by atoms with Crippen LogP contribution in [0.15, 0.2) is 30.5 Å². The van der Waals surface area contributed by atoms with Crippen LogP contribution in [0.3, 0.4) is 0 Å². The highest BCUT2D eigenvalue weighted by molar-refractivity contribution is 5.83. The number of rotatable bonds is 5. The number of amides is 1. The van der Waals surface area contributed by atoms with Crippen molar-refractivity contribution in [1.82, 2.24) is 10.3 Å². The van der Waals surface area contributed by atoms with Gasteiger partial charge in [-0.1, -0.05) is 31.0 Å². The number of fused-ring (bicyclic) bond motifs is 1. The Kier molecular flexibility index (Phi) is 4.05. The average Bonchev–Trinajstić information content (AvgIpc) is 3.09. The molecule has 0 unspecified atom stereocenters. The zero-order valence-corrected chi connectivity index (χ0v) is 11.8. The highest BCUT2D eigenvalue weighted by atomic mass is 16.1. The van der Waals surface area contributed by atoms with E-state index in [2.05, 4.69) is 34.7 Å². The minimum Gasteiger partial charge on any atom is -0.361 e. The van der Waals surface area contributed by atoms with Crippen molar-refractivity contribution in [2.45, 2.75) is 51.0 Å². The van der Waals surface area contributed by atoms with Crippen molar-refractivity contribution in [1.29, 1.82) is 0 Å². The molecule has 1 amide bonds. The number of hydrogen-bond donors (Lipinski definition) is 2. The predicted octanol–water partition coefficient (Wildman–Crippen LogP) is 3.55. The lowest BCUT2D eigenvalue weighted by Gasteiger charge is -2.11. The fraction of sp³-hybridized carbons (Fsp3) is 0.471. The van der Waals surface area contributed by atoms with Crippen molar-refractivity contribution in [2.75, 3.05) is 0 Å². The van der Waals surface area contributed by atoms with E-state index in [0.717, 1.165) is 25.7 Å². The van der Waals surface area contributed by atoms with Gasteiger partial charge in [0.15, 0.2) is 0 Å². The van der Waals surface area contributed by atoms with E-state index in [1.54, 1.807) is 0 Å². The number of aromatic amines is 1. The Bertz CT molecular complexity index is 581. The number of carbonyl (C=O) groups is 1. The first-order valence-corrected chi connectivity index (χ1v) is 7.67. The van der Waals surface area contributed by atoms with Crippen LogP contribution in [0.2, 0.25) is 0 Å². The molecule has 2 N–H and O–H groups in total. The molecule has 0 saturated heterocycles. The molecule has 0 spiro atoms. The number of aryl methyl sites for hydroxylation is 1. The summed E-state index contributed by atoms with van der Waals surface area (Å²) in [4.78, 5) is 15.2. The van der Waals surface area contributed by atoms with Crippen molar-refractivity contribution in [3.63, 3.8) is 0 Å². The summed E-state index contributed by atoms with van der Waals surface area (Å²) < 4.78 is 0. The summed E-state index contributed by atoms with van der Waals surface area (Å²) in [6, 6.07) is 8.77. The molecule has 0 bridgehead atoms. The first-order chi connectivity index (χ1) is 9.83. The van der Waals surface area contributed by atoms with E-state index in [1.165, 1.54) is 29.3 Å². The average molecular weight is 270 g/mol. The van der Waals surface area contributed by atoms with E-state index in [1.807, 2.05) is 6.07 Å². The Labute approximate surface area is 119 Å². The topological polar surface area (TPSA) is 44.9 Å². The number of hydrogen-bond acceptors (Lipinski definition) is 1. The quantitative estimate of drug-likeness (QED) is 0.857. The summed E-state index contributed by atoms with van der Waals surface area (Å²) in [5, 5.41) is 4.43. The third-order valence-corrected chi connectivity index (χ3v) is 4.25. The van der Waals surface area contributed by atoms with Crippen molar-refractivity contribution in [3.8, 4) is 0 Å². The summed E-state index contributed by atoms with van der Waals surface area (Å²) in [5.41, 5.74) is 2.49. The molecule has 1 aliphatic rings. The molecule has 3 rings (SSSR count). The second kappa shape index (κ2) is 6.12. The number of aromatic nitrogens is 1. The summed E-state index contributed by atoms with van der Waals surface area (Å²) in [6.07, 6.45) is 9.43. The van der Waals surface area contributed by atoms with Crippen molar-refractivity contribution >= 4 is 16.8 Å². The Balaban J connectivity index is 1.48. The molecule has 20 heavy (non-hydrogen) atoms. The number of H-pyrrole nitrogens is 1. The molecular weight excluding hydrogens is 248 g/mol. The van der Waals surface area contributed by atoms with Crippen LogP contribution in [0.5, 0.6) is 0 Å². The number of para-hydroxylation sites is 1. The molecule has 1 aliphatic carbocycles. The molecule has 0 atom stereocenters. The molecular formula is C17H22N2O. The molecule has 106 valence electrons. The maximum absolute atomic E-state index is 11.9. The lowest BCUT2D eigenvalue weighted by Crippen LogP contribution is -2.32. The largest absolute Gasteiger partial charge is 0.361 e. The van der Waals surface area contributed by atoms with E-state index in [4.69, 9.17) is 0 Å². The first kappa shape index (κ1) is 13.2. The van der Waals surface area contributed by atoms with Gasteiger partial charge in [0, 0.05) is 29.6 Å². The van der Waals surface area contributed by atoms with E-state index < -0.39 is 0 Å². The maximum atomic E-state index is 11.9. The molecule has 1 saturated carbocycles. The Morgan fingerprint density at radius 2 is 2.05 bits per heavy atom. The predicted molar refractivity (Wildman–Crippen MR) is 81.6 cm³/mol. The van der Waals surface area contributed by atoms with Crippen LogP contribution in [-0.2, 0) is 11.2 Å². The molecule has 3 nitrogen and oxygen atoms in total. The zero-order chi connectivity index (χ0) is 13.8. The maximum Gasteiger partial charge on any atom is 0.220 e. The van der Waals surface area contributed by atoms with Gasteiger partial charge in [0.1, 0.15) is 0 Å². The van der Waals surface area contributed by atoms with Gasteiger partial charge >= 0.3 is 0 Å². The van der Waals surface area contributed by atoms with Crippen molar-refractivity contribution < 1.29 is 4.79 Å². The monoisotopic (exact) mass is 270 g/mol. The molecule has 0 aliphatic heterocycles. The highest BCUT2D eigenvalue weighted by Crippen LogP contribution is 2.20. The first-order valence-electron chi connectivity index (χ1n) is 7.67. The third-order valence-electron chi connectivity index (χ3n) is 4.25. The number of carbonyl (C=O) groups excluding carboxylic acids is 1. The smallest absolute Gasteiger partial charge is 0.220 e. The summed E-state index contributed by atoms with van der Waals surface area (Å²) in [5.74, 6) is 0.219. The summed E-state index contributed by atoms with van der Waals surface area (Å²) in [7, 11) is 0. The minimum absolute atomic E-state index is 0.219. The van der Waals surface area contributed by atoms with Gasteiger partial charge in [-0.15, -0.1) is 0 Å². The van der Waals surface area contributed by atoms with Crippen LogP contribution in [-0.4, -0.2) is 16.9 Å². The van der Waals surface area contributed by atoms with E-state index >= 15 is 0 Å². The van der Waals surface area contributed by atoms with Crippen LogP contribution in [0.1, 0.15) is 44.1 Å². The summed E-state index contributed by atoms with van der Waals surface area (Å²) in [6.45, 7) is 0. The molecule has 1 aromatic carbocycles. The molecule has 1 heterocycles. The fourth-order valence-electron chi connectivity index (χ4n) is 3.15. The van der Waals surface area contributed by atoms with Crippen LogP contribution in [0.25, 0.3) is 10.9 Å². The molecule has 0 radical (unpaired) electrons. The van der Waals surface area contributed by atoms with Crippen LogP contribution < -0.4 is 5.32 Å². The van der Waals surface area contributed by atoms with Crippen LogP contribution in [0, 0.1) is 0 Å². The Morgan fingerprint density at radius 3 is 2.90 bits per heavy atom. The molecule has 1 fully saturated rings. The number of benzene rings is 1. The van der Waals surface area contributed by atoms with Gasteiger partial charge in [-0.3, -0.25) is 4.79 Å². The minimum atomic E-state index is 0.219. The Hall–Kier alpha value is -1.77. The highest BCUT2D eigenvalue weighted by Gasteiger charge is 2.16. The Morgan fingerprint density at radius 1 is 1.25 bits per heavy atom. The fourth-order valence-corrected chi connectivity index (χ4v) is 3.15. The second-order valence-corrected chi connectivity index (χ2v) is 5.76. The molecule has 1 aromatic heterocycles. The summed E-state index contributed by atoms with van der Waals surface area (Å²) >= 11 is 0. The van der Waals surface area contributed by atoms with Crippen LogP contribution in [0.4, 0.5) is 0 Å². The SMILES string of the molecule is O=C(CCCc1c[nH]c2ccccc12)NC1CCCC1. The number of nitrogens with one attached hydrogen (secondary N) is 2. The van der Waals surface area contributed by atoms with Crippen molar-refractivity contribution in [3.05, 3.63) is 36.0 Å². The van der Waals surface area contributed by atoms with Gasteiger partial charge in [-0.05, 0) is 37.3 Å². The molecule has 3 heteroatoms. The zero-order valence-electron chi connectivity index (χ0n) is 11.8. The third kappa shape index (κ3) is 3.03. The lowest BCUT2D eigenvalue weighted by molar-refractivity contribution is -0.121. The second-order valence-electron chi connectivity index (χ2n) is 5.76. The van der Waals surface area contributed by atoms with Crippen molar-refractivity contribution in [2.24, 2.45) is 0 Å². The van der Waals surface area contributed by atoms with Gasteiger partial charge < -0.3 is 10.3 Å².